The smallest absolute Gasteiger partial charge is 0.292 e. The molecule has 0 heterocycles. The highest BCUT2D eigenvalue weighted by molar-refractivity contribution is 5.82. The summed E-state index contributed by atoms with van der Waals surface area (Å²) in [6, 6.07) is 6.36. The lowest BCUT2D eigenvalue weighted by molar-refractivity contribution is -0.384. The Hall–Kier alpha value is -2.15. The van der Waals surface area contributed by atoms with Crippen molar-refractivity contribution in [2.75, 3.05) is 25.0 Å². The van der Waals surface area contributed by atoms with Crippen LogP contribution in [0.1, 0.15) is 25.7 Å². The first kappa shape index (κ1) is 17.2. The van der Waals surface area contributed by atoms with E-state index in [2.05, 4.69) is 5.32 Å². The Kier molecular flexibility index (Phi) is 5.92. The zero-order valence-electron chi connectivity index (χ0n) is 13.3. The highest BCUT2D eigenvalue weighted by Gasteiger charge is 2.21. The Morgan fingerprint density at radius 2 is 2.17 bits per heavy atom. The number of carbonyl (C=O) groups is 1. The van der Waals surface area contributed by atoms with E-state index in [0.717, 1.165) is 25.7 Å². The van der Waals surface area contributed by atoms with E-state index < -0.39 is 4.92 Å². The van der Waals surface area contributed by atoms with E-state index in [9.17, 15) is 20.0 Å². The van der Waals surface area contributed by atoms with Crippen molar-refractivity contribution in [2.24, 2.45) is 5.92 Å². The Bertz CT molecular complexity index is 564. The molecule has 0 saturated heterocycles. The first-order valence-electron chi connectivity index (χ1n) is 7.86. The van der Waals surface area contributed by atoms with E-state index in [1.54, 1.807) is 30.1 Å². The van der Waals surface area contributed by atoms with E-state index in [1.807, 2.05) is 0 Å². The van der Waals surface area contributed by atoms with Crippen molar-refractivity contribution in [3.8, 4) is 0 Å². The van der Waals surface area contributed by atoms with Crippen LogP contribution in [0.5, 0.6) is 0 Å². The lowest BCUT2D eigenvalue weighted by atomic mass is 9.87. The van der Waals surface area contributed by atoms with Gasteiger partial charge in [-0.3, -0.25) is 14.9 Å². The summed E-state index contributed by atoms with van der Waals surface area (Å²) in [5, 5.41) is 23.5. The number of hydrogen-bond donors (Lipinski definition) is 2. The molecule has 1 amide bonds. The number of para-hydroxylation sites is 2. The number of benzene rings is 1. The number of aliphatic hydroxyl groups excluding tert-OH is 1. The van der Waals surface area contributed by atoms with Gasteiger partial charge in [-0.15, -0.1) is 0 Å². The molecule has 2 rings (SSSR count). The molecule has 0 spiro atoms. The van der Waals surface area contributed by atoms with Crippen LogP contribution < -0.4 is 10.2 Å². The SMILES string of the molecule is CN(CC(=O)NCC1CCCC(O)C1)c1ccccc1[N+](=O)[O-]. The van der Waals surface area contributed by atoms with E-state index in [0.29, 0.717) is 18.2 Å². The number of likely N-dealkylation sites (N-methyl/N-ethyl adjacent to an activating group) is 1. The van der Waals surface area contributed by atoms with Crippen LogP contribution in [0, 0.1) is 16.0 Å². The summed E-state index contributed by atoms with van der Waals surface area (Å²) < 4.78 is 0. The molecule has 2 atom stereocenters. The van der Waals surface area contributed by atoms with Crippen molar-refractivity contribution in [1.82, 2.24) is 5.32 Å². The molecule has 0 aromatic heterocycles. The van der Waals surface area contributed by atoms with Crippen molar-refractivity contribution < 1.29 is 14.8 Å². The fourth-order valence-electron chi connectivity index (χ4n) is 3.00. The van der Waals surface area contributed by atoms with E-state index >= 15 is 0 Å². The molecule has 1 aliphatic rings. The first-order valence-corrected chi connectivity index (χ1v) is 7.86. The Morgan fingerprint density at radius 1 is 1.43 bits per heavy atom. The predicted octanol–water partition coefficient (Wildman–Crippen LogP) is 1.70. The molecule has 7 nitrogen and oxygen atoms in total. The maximum absolute atomic E-state index is 12.0. The maximum atomic E-state index is 12.0. The summed E-state index contributed by atoms with van der Waals surface area (Å²) in [6.45, 7) is 0.598. The average Bonchev–Trinajstić information content (AvgIpc) is 2.53. The summed E-state index contributed by atoms with van der Waals surface area (Å²) in [7, 11) is 1.66. The number of amides is 1. The minimum absolute atomic E-state index is 0.0156. The first-order chi connectivity index (χ1) is 11.0. The molecule has 1 fully saturated rings. The van der Waals surface area contributed by atoms with Crippen molar-refractivity contribution in [3.63, 3.8) is 0 Å². The third-order valence-corrected chi connectivity index (χ3v) is 4.21. The molecule has 1 aromatic carbocycles. The second kappa shape index (κ2) is 7.92. The minimum atomic E-state index is -0.451. The molecule has 1 saturated carbocycles. The van der Waals surface area contributed by atoms with Crippen LogP contribution in [-0.4, -0.2) is 42.2 Å². The number of hydrogen-bond acceptors (Lipinski definition) is 5. The number of carbonyl (C=O) groups excluding carboxylic acids is 1. The quantitative estimate of drug-likeness (QED) is 0.614. The summed E-state index contributed by atoms with van der Waals surface area (Å²) in [5.74, 6) is 0.129. The number of nitro benzene ring substituents is 1. The predicted molar refractivity (Wildman–Crippen MR) is 87.3 cm³/mol. The van der Waals surface area contributed by atoms with Crippen LogP contribution in [0.4, 0.5) is 11.4 Å². The van der Waals surface area contributed by atoms with E-state index in [1.165, 1.54) is 6.07 Å². The van der Waals surface area contributed by atoms with Crippen LogP contribution >= 0.6 is 0 Å². The molecule has 1 aliphatic carbocycles. The normalized spacial score (nSPS) is 20.8. The van der Waals surface area contributed by atoms with Crippen molar-refractivity contribution in [2.45, 2.75) is 31.8 Å². The summed E-state index contributed by atoms with van der Waals surface area (Å²) >= 11 is 0. The molecular formula is C16H23N3O4. The van der Waals surface area contributed by atoms with Gasteiger partial charge in [0.05, 0.1) is 17.6 Å². The highest BCUT2D eigenvalue weighted by atomic mass is 16.6. The van der Waals surface area contributed by atoms with Crippen molar-refractivity contribution >= 4 is 17.3 Å². The third-order valence-electron chi connectivity index (χ3n) is 4.21. The van der Waals surface area contributed by atoms with Gasteiger partial charge in [0, 0.05) is 19.7 Å². The van der Waals surface area contributed by atoms with Crippen LogP contribution in [0.15, 0.2) is 24.3 Å². The molecule has 126 valence electrons. The molecule has 23 heavy (non-hydrogen) atoms. The lowest BCUT2D eigenvalue weighted by Gasteiger charge is -2.26. The van der Waals surface area contributed by atoms with Crippen LogP contribution in [0.2, 0.25) is 0 Å². The van der Waals surface area contributed by atoms with Crippen molar-refractivity contribution in [1.29, 1.82) is 0 Å². The second-order valence-electron chi connectivity index (χ2n) is 6.09. The maximum Gasteiger partial charge on any atom is 0.292 e. The van der Waals surface area contributed by atoms with Crippen molar-refractivity contribution in [3.05, 3.63) is 34.4 Å². The Morgan fingerprint density at radius 3 is 2.87 bits per heavy atom. The topological polar surface area (TPSA) is 95.7 Å². The van der Waals surface area contributed by atoms with Crippen LogP contribution in [-0.2, 0) is 4.79 Å². The number of nitrogens with one attached hydrogen (secondary N) is 1. The van der Waals surface area contributed by atoms with Gasteiger partial charge >= 0.3 is 0 Å². The number of anilines is 1. The van der Waals surface area contributed by atoms with Gasteiger partial charge < -0.3 is 15.3 Å². The zero-order valence-corrected chi connectivity index (χ0v) is 13.3. The van der Waals surface area contributed by atoms with Gasteiger partial charge in [0.2, 0.25) is 5.91 Å². The fraction of sp³-hybridized carbons (Fsp3) is 0.562. The second-order valence-corrected chi connectivity index (χ2v) is 6.09. The largest absolute Gasteiger partial charge is 0.393 e. The van der Waals surface area contributed by atoms with Gasteiger partial charge in [-0.25, -0.2) is 0 Å². The number of nitrogens with zero attached hydrogens (tertiary/aromatic N) is 2. The molecule has 0 aliphatic heterocycles. The number of aliphatic hydroxyl groups is 1. The van der Waals surface area contributed by atoms with Crippen LogP contribution in [0.25, 0.3) is 0 Å². The fourth-order valence-corrected chi connectivity index (χ4v) is 3.00. The molecule has 0 radical (unpaired) electrons. The summed E-state index contributed by atoms with van der Waals surface area (Å²) in [6.07, 6.45) is 3.29. The van der Waals surface area contributed by atoms with Gasteiger partial charge in [-0.05, 0) is 31.2 Å². The van der Waals surface area contributed by atoms with Gasteiger partial charge in [0.25, 0.3) is 5.69 Å². The van der Waals surface area contributed by atoms with E-state index in [4.69, 9.17) is 0 Å². The Balaban J connectivity index is 1.86. The highest BCUT2D eigenvalue weighted by Crippen LogP contribution is 2.26. The molecule has 7 heteroatoms. The average molecular weight is 321 g/mol. The van der Waals surface area contributed by atoms with Gasteiger partial charge in [0.1, 0.15) is 5.69 Å². The number of nitro groups is 1. The molecule has 1 aromatic rings. The van der Waals surface area contributed by atoms with E-state index in [-0.39, 0.29) is 24.2 Å². The molecule has 2 unspecified atom stereocenters. The third kappa shape index (κ3) is 4.92. The molecule has 0 bridgehead atoms. The summed E-state index contributed by atoms with van der Waals surface area (Å²) in [4.78, 5) is 24.2. The molecular weight excluding hydrogens is 298 g/mol. The summed E-state index contributed by atoms with van der Waals surface area (Å²) in [5.41, 5.74) is 0.402. The van der Waals surface area contributed by atoms with Gasteiger partial charge in [0.15, 0.2) is 0 Å². The van der Waals surface area contributed by atoms with Gasteiger partial charge in [-0.1, -0.05) is 18.6 Å². The zero-order chi connectivity index (χ0) is 16.8. The standard InChI is InChI=1S/C16H23N3O4/c1-18(14-7-2-3-8-15(14)19(22)23)11-16(21)17-10-12-5-4-6-13(20)9-12/h2-3,7-8,12-13,20H,4-6,9-11H2,1H3,(H,17,21). The van der Waals surface area contributed by atoms with Gasteiger partial charge in [-0.2, -0.15) is 0 Å². The minimum Gasteiger partial charge on any atom is -0.393 e. The van der Waals surface area contributed by atoms with Crippen LogP contribution in [0.3, 0.4) is 0 Å². The number of rotatable bonds is 6. The lowest BCUT2D eigenvalue weighted by Crippen LogP contribution is -2.39. The monoisotopic (exact) mass is 321 g/mol. The molecule has 2 N–H and O–H groups in total. The Labute approximate surface area is 135 Å².